The largest absolute Gasteiger partial charge is 0.369 e. The highest BCUT2D eigenvalue weighted by Crippen LogP contribution is 2.25. The van der Waals surface area contributed by atoms with E-state index in [0.717, 1.165) is 0 Å². The molecule has 0 saturated carbocycles. The van der Waals surface area contributed by atoms with Crippen molar-refractivity contribution in [2.45, 2.75) is 11.3 Å². The van der Waals surface area contributed by atoms with E-state index in [2.05, 4.69) is 0 Å². The van der Waals surface area contributed by atoms with Crippen LogP contribution >= 0.6 is 0 Å². The average Bonchev–Trinajstić information content (AvgIpc) is 2.93. The van der Waals surface area contributed by atoms with Crippen LogP contribution in [0.15, 0.2) is 65.7 Å². The Labute approximate surface area is 128 Å². The molecule has 0 bridgehead atoms. The molecule has 0 radical (unpaired) electrons. The second-order valence-corrected chi connectivity index (χ2v) is 6.74. The fourth-order valence-corrected chi connectivity index (χ4v) is 3.83. The summed E-state index contributed by atoms with van der Waals surface area (Å²) >= 11 is 0. The van der Waals surface area contributed by atoms with E-state index in [1.54, 1.807) is 54.6 Å². The predicted octanol–water partition coefficient (Wildman–Crippen LogP) is 1.91. The van der Waals surface area contributed by atoms with Crippen molar-refractivity contribution in [2.75, 3.05) is 0 Å². The molecule has 1 aromatic heterocycles. The molecule has 112 valence electrons. The first-order valence-corrected chi connectivity index (χ1v) is 8.12. The quantitative estimate of drug-likeness (QED) is 0.798. The highest BCUT2D eigenvalue weighted by molar-refractivity contribution is 7.90. The molecule has 22 heavy (non-hydrogen) atoms. The molecule has 0 aliphatic heterocycles. The first-order chi connectivity index (χ1) is 10.5. The van der Waals surface area contributed by atoms with Crippen LogP contribution in [0.3, 0.4) is 0 Å². The number of carbonyl (C=O) groups is 1. The molecule has 2 aromatic carbocycles. The zero-order valence-corrected chi connectivity index (χ0v) is 12.5. The van der Waals surface area contributed by atoms with Crippen molar-refractivity contribution >= 4 is 26.8 Å². The Morgan fingerprint density at radius 1 is 1.00 bits per heavy atom. The summed E-state index contributed by atoms with van der Waals surface area (Å²) in [6.45, 7) is 0. The van der Waals surface area contributed by atoms with Crippen molar-refractivity contribution in [1.82, 2.24) is 3.97 Å². The summed E-state index contributed by atoms with van der Waals surface area (Å²) in [5.41, 5.74) is 6.48. The van der Waals surface area contributed by atoms with Crippen molar-refractivity contribution in [3.05, 3.63) is 66.4 Å². The summed E-state index contributed by atoms with van der Waals surface area (Å²) < 4.78 is 26.7. The van der Waals surface area contributed by atoms with Crippen LogP contribution < -0.4 is 5.73 Å². The fraction of sp³-hybridized carbons (Fsp3) is 0.0625. The summed E-state index contributed by atoms with van der Waals surface area (Å²) in [6.07, 6.45) is 1.57. The third-order valence-corrected chi connectivity index (χ3v) is 5.16. The lowest BCUT2D eigenvalue weighted by atomic mass is 10.1. The Morgan fingerprint density at radius 3 is 2.41 bits per heavy atom. The van der Waals surface area contributed by atoms with Gasteiger partial charge in [-0.25, -0.2) is 12.4 Å². The number of hydrogen-bond acceptors (Lipinski definition) is 3. The second kappa shape index (κ2) is 5.31. The van der Waals surface area contributed by atoms with Gasteiger partial charge in [0.2, 0.25) is 5.91 Å². The predicted molar refractivity (Wildman–Crippen MR) is 83.9 cm³/mol. The Kier molecular flexibility index (Phi) is 3.46. The normalized spacial score (nSPS) is 11.6. The van der Waals surface area contributed by atoms with Gasteiger partial charge in [0.25, 0.3) is 10.0 Å². The number of rotatable bonds is 4. The summed E-state index contributed by atoms with van der Waals surface area (Å²) in [4.78, 5) is 11.4. The van der Waals surface area contributed by atoms with Crippen molar-refractivity contribution < 1.29 is 13.2 Å². The van der Waals surface area contributed by atoms with Crippen molar-refractivity contribution in [3.8, 4) is 0 Å². The number of aromatic nitrogens is 1. The highest BCUT2D eigenvalue weighted by Gasteiger charge is 2.19. The fourth-order valence-electron chi connectivity index (χ4n) is 2.46. The lowest BCUT2D eigenvalue weighted by Crippen LogP contribution is -2.14. The number of carbonyl (C=O) groups excluding carboxylic acids is 1. The number of fused-ring (bicyclic) bond motifs is 1. The molecule has 0 spiro atoms. The van der Waals surface area contributed by atoms with Gasteiger partial charge in [-0.2, -0.15) is 0 Å². The number of nitrogens with two attached hydrogens (primary N) is 1. The maximum atomic E-state index is 12.7. The molecule has 0 atom stereocenters. The van der Waals surface area contributed by atoms with Gasteiger partial charge in [-0.1, -0.05) is 30.3 Å². The minimum Gasteiger partial charge on any atom is -0.369 e. The van der Waals surface area contributed by atoms with Gasteiger partial charge in [-0.15, -0.1) is 0 Å². The van der Waals surface area contributed by atoms with Crippen LogP contribution in [0.2, 0.25) is 0 Å². The zero-order valence-electron chi connectivity index (χ0n) is 11.6. The second-order valence-electron chi connectivity index (χ2n) is 4.92. The number of nitrogens with zero attached hydrogens (tertiary/aromatic N) is 1. The van der Waals surface area contributed by atoms with Crippen molar-refractivity contribution in [2.24, 2.45) is 5.73 Å². The molecule has 0 fully saturated rings. The van der Waals surface area contributed by atoms with Gasteiger partial charge in [0.1, 0.15) is 0 Å². The molecule has 1 amide bonds. The molecule has 3 rings (SSSR count). The van der Waals surface area contributed by atoms with Crippen LogP contribution in [-0.4, -0.2) is 18.3 Å². The van der Waals surface area contributed by atoms with Gasteiger partial charge in [0.15, 0.2) is 0 Å². The minimum atomic E-state index is -3.67. The van der Waals surface area contributed by atoms with E-state index >= 15 is 0 Å². The van der Waals surface area contributed by atoms with E-state index in [4.69, 9.17) is 5.73 Å². The highest BCUT2D eigenvalue weighted by atomic mass is 32.2. The van der Waals surface area contributed by atoms with Gasteiger partial charge in [-0.05, 0) is 29.8 Å². The number of primary amides is 1. The maximum Gasteiger partial charge on any atom is 0.268 e. The molecule has 3 aromatic rings. The van der Waals surface area contributed by atoms with Gasteiger partial charge in [-0.3, -0.25) is 4.79 Å². The Morgan fingerprint density at radius 2 is 1.73 bits per heavy atom. The van der Waals surface area contributed by atoms with E-state index in [0.29, 0.717) is 16.5 Å². The molecule has 0 aliphatic rings. The lowest BCUT2D eigenvalue weighted by molar-refractivity contribution is -0.117. The molecule has 0 unspecified atom stereocenters. The zero-order chi connectivity index (χ0) is 15.7. The smallest absolute Gasteiger partial charge is 0.268 e. The van der Waals surface area contributed by atoms with Crippen LogP contribution in [-0.2, 0) is 21.2 Å². The SMILES string of the molecule is NC(=O)Cc1cccc2c1ccn2S(=O)(=O)c1ccccc1. The lowest BCUT2D eigenvalue weighted by Gasteiger charge is -2.08. The van der Waals surface area contributed by atoms with Crippen LogP contribution in [0, 0.1) is 0 Å². The van der Waals surface area contributed by atoms with E-state index in [-0.39, 0.29) is 11.3 Å². The van der Waals surface area contributed by atoms with Crippen molar-refractivity contribution in [3.63, 3.8) is 0 Å². The summed E-state index contributed by atoms with van der Waals surface area (Å²) in [6, 6.07) is 15.1. The summed E-state index contributed by atoms with van der Waals surface area (Å²) in [5.74, 6) is -0.453. The average molecular weight is 314 g/mol. The van der Waals surface area contributed by atoms with E-state index in [1.165, 1.54) is 10.2 Å². The van der Waals surface area contributed by atoms with Crippen molar-refractivity contribution in [1.29, 1.82) is 0 Å². The van der Waals surface area contributed by atoms with Gasteiger partial charge < -0.3 is 5.73 Å². The molecule has 5 nitrogen and oxygen atoms in total. The third kappa shape index (κ3) is 2.37. The summed E-state index contributed by atoms with van der Waals surface area (Å²) in [5, 5.41) is 0.709. The molecule has 1 heterocycles. The number of benzene rings is 2. The van der Waals surface area contributed by atoms with Gasteiger partial charge in [0.05, 0.1) is 16.8 Å². The Hall–Kier alpha value is -2.60. The van der Waals surface area contributed by atoms with Gasteiger partial charge in [0, 0.05) is 11.6 Å². The van der Waals surface area contributed by atoms with E-state index in [1.807, 2.05) is 0 Å². The van der Waals surface area contributed by atoms with Crippen LogP contribution in [0.1, 0.15) is 5.56 Å². The van der Waals surface area contributed by atoms with Crippen LogP contribution in [0.5, 0.6) is 0 Å². The summed E-state index contributed by atoms with van der Waals surface area (Å²) in [7, 11) is -3.67. The van der Waals surface area contributed by atoms with Crippen LogP contribution in [0.25, 0.3) is 10.9 Å². The topological polar surface area (TPSA) is 82.2 Å². The third-order valence-electron chi connectivity index (χ3n) is 3.45. The first-order valence-electron chi connectivity index (χ1n) is 6.68. The number of amides is 1. The maximum absolute atomic E-state index is 12.7. The van der Waals surface area contributed by atoms with E-state index < -0.39 is 15.9 Å². The monoisotopic (exact) mass is 314 g/mol. The molecule has 2 N–H and O–H groups in total. The van der Waals surface area contributed by atoms with Crippen LogP contribution in [0.4, 0.5) is 0 Å². The molecule has 0 saturated heterocycles. The first kappa shape index (κ1) is 14.3. The van der Waals surface area contributed by atoms with Gasteiger partial charge >= 0.3 is 0 Å². The van der Waals surface area contributed by atoms with E-state index in [9.17, 15) is 13.2 Å². The minimum absolute atomic E-state index is 0.0761. The standard InChI is InChI=1S/C16H14N2O3S/c17-16(19)11-12-5-4-8-15-14(12)9-10-18(15)22(20,21)13-6-2-1-3-7-13/h1-10H,11H2,(H2,17,19). The molecule has 6 heteroatoms. The number of hydrogen-bond donors (Lipinski definition) is 1. The molecular weight excluding hydrogens is 300 g/mol. The Balaban J connectivity index is 2.19. The molecule has 0 aliphatic carbocycles. The Bertz CT molecular complexity index is 944. The molecular formula is C16H14N2O3S.